The van der Waals surface area contributed by atoms with Crippen molar-refractivity contribution in [1.29, 1.82) is 0 Å². The molecule has 0 heterocycles. The normalized spacial score (nSPS) is 18.0. The molecular formula is C12H18N2O2S. The Morgan fingerprint density at radius 2 is 2.00 bits per heavy atom. The van der Waals surface area contributed by atoms with Gasteiger partial charge in [-0.25, -0.2) is 13.1 Å². The van der Waals surface area contributed by atoms with Crippen LogP contribution in [-0.4, -0.2) is 14.5 Å². The summed E-state index contributed by atoms with van der Waals surface area (Å²) in [5.41, 5.74) is 6.99. The molecule has 2 rings (SSSR count). The van der Waals surface area contributed by atoms with E-state index in [-0.39, 0.29) is 10.9 Å². The van der Waals surface area contributed by atoms with Gasteiger partial charge in [-0.1, -0.05) is 0 Å². The topological polar surface area (TPSA) is 72.2 Å². The van der Waals surface area contributed by atoms with Gasteiger partial charge in [-0.3, -0.25) is 0 Å². The first-order chi connectivity index (χ1) is 7.88. The van der Waals surface area contributed by atoms with Gasteiger partial charge >= 0.3 is 0 Å². The van der Waals surface area contributed by atoms with Crippen molar-refractivity contribution in [2.24, 2.45) is 5.92 Å². The zero-order valence-corrected chi connectivity index (χ0v) is 10.9. The minimum absolute atomic E-state index is 0.00161. The lowest BCUT2D eigenvalue weighted by atomic mass is 10.2. The van der Waals surface area contributed by atoms with E-state index in [1.165, 1.54) is 6.07 Å². The summed E-state index contributed by atoms with van der Waals surface area (Å²) in [7, 11) is -3.44. The molecule has 1 unspecified atom stereocenters. The average molecular weight is 254 g/mol. The minimum Gasteiger partial charge on any atom is -0.399 e. The fourth-order valence-corrected chi connectivity index (χ4v) is 3.39. The highest BCUT2D eigenvalue weighted by Crippen LogP contribution is 2.33. The quantitative estimate of drug-likeness (QED) is 0.803. The van der Waals surface area contributed by atoms with E-state index in [0.717, 1.165) is 18.4 Å². The average Bonchev–Trinajstić information content (AvgIpc) is 2.97. The number of nitrogens with one attached hydrogen (secondary N) is 1. The van der Waals surface area contributed by atoms with Crippen molar-refractivity contribution in [2.75, 3.05) is 5.73 Å². The number of aryl methyl sites for hydroxylation is 1. The maximum atomic E-state index is 12.1. The van der Waals surface area contributed by atoms with Gasteiger partial charge in [-0.2, -0.15) is 0 Å². The van der Waals surface area contributed by atoms with E-state index in [1.807, 2.05) is 13.8 Å². The summed E-state index contributed by atoms with van der Waals surface area (Å²) in [6.07, 6.45) is 2.22. The Labute approximate surface area is 102 Å². The third-order valence-corrected chi connectivity index (χ3v) is 4.59. The van der Waals surface area contributed by atoms with Gasteiger partial charge in [-0.15, -0.1) is 0 Å². The maximum absolute atomic E-state index is 12.1. The second-order valence-corrected chi connectivity index (χ2v) is 6.54. The molecule has 1 aromatic rings. The summed E-state index contributed by atoms with van der Waals surface area (Å²) in [5.74, 6) is 0.493. The highest BCUT2D eigenvalue weighted by Gasteiger charge is 2.31. The smallest absolute Gasteiger partial charge is 0.240 e. The lowest BCUT2D eigenvalue weighted by Crippen LogP contribution is -2.34. The molecule has 0 bridgehead atoms. The minimum atomic E-state index is -3.44. The van der Waals surface area contributed by atoms with Crippen molar-refractivity contribution in [2.45, 2.75) is 37.6 Å². The first-order valence-corrected chi connectivity index (χ1v) is 7.26. The Kier molecular flexibility index (Phi) is 3.14. The second kappa shape index (κ2) is 4.31. The van der Waals surface area contributed by atoms with Crippen LogP contribution in [0.25, 0.3) is 0 Å². The van der Waals surface area contributed by atoms with Crippen LogP contribution >= 0.6 is 0 Å². The van der Waals surface area contributed by atoms with E-state index >= 15 is 0 Å². The number of hydrogen-bond acceptors (Lipinski definition) is 3. The number of hydrogen-bond donors (Lipinski definition) is 2. The molecule has 0 aromatic heterocycles. The first-order valence-electron chi connectivity index (χ1n) is 5.78. The summed E-state index contributed by atoms with van der Waals surface area (Å²) < 4.78 is 26.9. The Hall–Kier alpha value is -1.07. The Balaban J connectivity index is 2.24. The predicted octanol–water partition coefficient (Wildman–Crippen LogP) is 1.65. The van der Waals surface area contributed by atoms with Gasteiger partial charge in [0.1, 0.15) is 0 Å². The van der Waals surface area contributed by atoms with Crippen molar-refractivity contribution in [3.63, 3.8) is 0 Å². The molecule has 0 spiro atoms. The summed E-state index contributed by atoms with van der Waals surface area (Å²) >= 11 is 0. The van der Waals surface area contributed by atoms with Crippen LogP contribution in [0.5, 0.6) is 0 Å². The van der Waals surface area contributed by atoms with E-state index in [1.54, 1.807) is 12.1 Å². The molecule has 4 nitrogen and oxygen atoms in total. The zero-order valence-electron chi connectivity index (χ0n) is 10.1. The van der Waals surface area contributed by atoms with Crippen molar-refractivity contribution in [3.8, 4) is 0 Å². The fourth-order valence-electron chi connectivity index (χ4n) is 1.94. The highest BCUT2D eigenvalue weighted by atomic mass is 32.2. The van der Waals surface area contributed by atoms with Gasteiger partial charge in [0.15, 0.2) is 0 Å². The van der Waals surface area contributed by atoms with E-state index in [2.05, 4.69) is 4.72 Å². The summed E-state index contributed by atoms with van der Waals surface area (Å²) in [6, 6.07) is 4.89. The molecule has 0 saturated heterocycles. The second-order valence-electron chi connectivity index (χ2n) is 4.83. The van der Waals surface area contributed by atoms with E-state index in [0.29, 0.717) is 11.6 Å². The van der Waals surface area contributed by atoms with Crippen LogP contribution in [0.15, 0.2) is 23.1 Å². The van der Waals surface area contributed by atoms with E-state index < -0.39 is 10.0 Å². The zero-order chi connectivity index (χ0) is 12.6. The molecule has 5 heteroatoms. The molecule has 0 radical (unpaired) electrons. The number of benzene rings is 1. The van der Waals surface area contributed by atoms with Crippen LogP contribution in [0.3, 0.4) is 0 Å². The first kappa shape index (κ1) is 12.4. The number of anilines is 1. The van der Waals surface area contributed by atoms with Crippen LogP contribution in [-0.2, 0) is 10.0 Å². The number of sulfonamides is 1. The summed E-state index contributed by atoms with van der Waals surface area (Å²) in [5, 5.41) is 0. The molecule has 1 aliphatic carbocycles. The molecule has 1 atom stereocenters. The van der Waals surface area contributed by atoms with Crippen LogP contribution in [0, 0.1) is 12.8 Å². The van der Waals surface area contributed by atoms with Crippen molar-refractivity contribution >= 4 is 15.7 Å². The molecule has 94 valence electrons. The van der Waals surface area contributed by atoms with Crippen molar-refractivity contribution in [1.82, 2.24) is 4.72 Å². The molecule has 17 heavy (non-hydrogen) atoms. The Morgan fingerprint density at radius 3 is 2.53 bits per heavy atom. The molecule has 1 saturated carbocycles. The predicted molar refractivity (Wildman–Crippen MR) is 68.1 cm³/mol. The Bertz CT molecular complexity index is 501. The van der Waals surface area contributed by atoms with Crippen LogP contribution in [0.1, 0.15) is 25.3 Å². The van der Waals surface area contributed by atoms with Gasteiger partial charge in [0.25, 0.3) is 0 Å². The Morgan fingerprint density at radius 1 is 1.35 bits per heavy atom. The number of nitrogen functional groups attached to an aromatic ring is 1. The van der Waals surface area contributed by atoms with E-state index in [9.17, 15) is 8.42 Å². The summed E-state index contributed by atoms with van der Waals surface area (Å²) in [6.45, 7) is 3.74. The monoisotopic (exact) mass is 254 g/mol. The van der Waals surface area contributed by atoms with Gasteiger partial charge in [-0.05, 0) is 56.4 Å². The van der Waals surface area contributed by atoms with Gasteiger partial charge in [0.2, 0.25) is 10.0 Å². The molecular weight excluding hydrogens is 236 g/mol. The van der Waals surface area contributed by atoms with Gasteiger partial charge < -0.3 is 5.73 Å². The largest absolute Gasteiger partial charge is 0.399 e. The van der Waals surface area contributed by atoms with E-state index in [4.69, 9.17) is 5.73 Å². The summed E-state index contributed by atoms with van der Waals surface area (Å²) in [4.78, 5) is 0.252. The third-order valence-electron chi connectivity index (χ3n) is 3.05. The maximum Gasteiger partial charge on any atom is 0.240 e. The lowest BCUT2D eigenvalue weighted by Gasteiger charge is -2.14. The standard InChI is InChI=1S/C12H18N2O2S/c1-8-5-11(13)7-12(6-8)17(15,16)14-9(2)10-3-4-10/h5-7,9-10,14H,3-4,13H2,1-2H3. The fraction of sp³-hybridized carbons (Fsp3) is 0.500. The van der Waals surface area contributed by atoms with Crippen LogP contribution in [0.2, 0.25) is 0 Å². The molecule has 3 N–H and O–H groups in total. The molecule has 0 aliphatic heterocycles. The highest BCUT2D eigenvalue weighted by molar-refractivity contribution is 7.89. The SMILES string of the molecule is Cc1cc(N)cc(S(=O)(=O)NC(C)C2CC2)c1. The van der Waals surface area contributed by atoms with Crippen LogP contribution < -0.4 is 10.5 Å². The molecule has 0 amide bonds. The van der Waals surface area contributed by atoms with Gasteiger partial charge in [0.05, 0.1) is 4.90 Å². The molecule has 1 fully saturated rings. The van der Waals surface area contributed by atoms with Crippen molar-refractivity contribution in [3.05, 3.63) is 23.8 Å². The van der Waals surface area contributed by atoms with Crippen LogP contribution in [0.4, 0.5) is 5.69 Å². The third kappa shape index (κ3) is 2.98. The van der Waals surface area contributed by atoms with Gasteiger partial charge in [0, 0.05) is 11.7 Å². The molecule has 1 aromatic carbocycles. The lowest BCUT2D eigenvalue weighted by molar-refractivity contribution is 0.538. The number of nitrogens with two attached hydrogens (primary N) is 1. The van der Waals surface area contributed by atoms with Crippen molar-refractivity contribution < 1.29 is 8.42 Å². The number of rotatable bonds is 4. The molecule has 1 aliphatic rings.